The number of ether oxygens (including phenoxy) is 1. The molecule has 1 unspecified atom stereocenters. The van der Waals surface area contributed by atoms with Gasteiger partial charge in [0.15, 0.2) is 5.13 Å². The Kier molecular flexibility index (Phi) is 5.69. The zero-order chi connectivity index (χ0) is 22.1. The molecule has 2 aromatic carbocycles. The molecule has 1 saturated carbocycles. The van der Waals surface area contributed by atoms with Crippen molar-refractivity contribution >= 4 is 38.5 Å². The van der Waals surface area contributed by atoms with Gasteiger partial charge in [-0.25, -0.2) is 4.98 Å². The van der Waals surface area contributed by atoms with Crippen LogP contribution in [-0.2, 0) is 9.53 Å². The summed E-state index contributed by atoms with van der Waals surface area (Å²) in [4.78, 5) is 34.0. The van der Waals surface area contributed by atoms with Crippen LogP contribution in [-0.4, -0.2) is 47.5 Å². The Bertz CT molecular complexity index is 1120. The monoisotopic (exact) mass is 449 g/mol. The smallest absolute Gasteiger partial charge is 0.254 e. The van der Waals surface area contributed by atoms with Crippen molar-refractivity contribution in [3.8, 4) is 0 Å². The maximum atomic E-state index is 13.9. The zero-order valence-corrected chi connectivity index (χ0v) is 19.0. The van der Waals surface area contributed by atoms with E-state index >= 15 is 0 Å². The van der Waals surface area contributed by atoms with E-state index in [-0.39, 0.29) is 11.8 Å². The first-order chi connectivity index (χ1) is 15.6. The molecule has 5 rings (SSSR count). The minimum absolute atomic E-state index is 0.00332. The summed E-state index contributed by atoms with van der Waals surface area (Å²) in [7, 11) is 1.65. The number of rotatable bonds is 5. The summed E-state index contributed by atoms with van der Waals surface area (Å²) in [6.07, 6.45) is 4.76. The molecule has 0 saturated heterocycles. The van der Waals surface area contributed by atoms with Gasteiger partial charge in [0.05, 0.1) is 28.3 Å². The molecule has 1 aliphatic heterocycles. The Hall–Kier alpha value is -2.77. The number of carbonyl (C=O) groups excluding carboxylic acids is 2. The first-order valence-corrected chi connectivity index (χ1v) is 12.0. The number of thiazole rings is 1. The van der Waals surface area contributed by atoms with Crippen LogP contribution in [0.5, 0.6) is 0 Å². The van der Waals surface area contributed by atoms with E-state index in [0.717, 1.165) is 47.9 Å². The van der Waals surface area contributed by atoms with Gasteiger partial charge < -0.3 is 15.0 Å². The number of nitrogens with zero attached hydrogens (tertiary/aromatic N) is 2. The van der Waals surface area contributed by atoms with Crippen LogP contribution in [0.4, 0.5) is 5.13 Å². The van der Waals surface area contributed by atoms with Gasteiger partial charge >= 0.3 is 0 Å². The standard InChI is InChI=1S/C25H27N3O3S/c1-31-16-15-28-23(30)18-10-4-3-9-17(18)21(25(28)13-7-2-8-14-25)22(29)27-24-26-19-11-5-6-12-20(19)32-24/h3-6,9-12,21H,2,7-8,13-16H2,1H3,(H,26,27,29). The molecule has 32 heavy (non-hydrogen) atoms. The van der Waals surface area contributed by atoms with E-state index in [1.165, 1.54) is 11.3 Å². The Balaban J connectivity index is 1.58. The number of benzene rings is 2. The van der Waals surface area contributed by atoms with Crippen LogP contribution in [0.25, 0.3) is 10.2 Å². The third kappa shape index (κ3) is 3.49. The molecule has 7 heteroatoms. The molecule has 1 N–H and O–H groups in total. The van der Waals surface area contributed by atoms with Crippen molar-refractivity contribution in [3.05, 3.63) is 59.7 Å². The molecular weight excluding hydrogens is 422 g/mol. The molecule has 6 nitrogen and oxygen atoms in total. The van der Waals surface area contributed by atoms with Crippen LogP contribution in [0.3, 0.4) is 0 Å². The van der Waals surface area contributed by atoms with Crippen LogP contribution >= 0.6 is 11.3 Å². The van der Waals surface area contributed by atoms with E-state index in [2.05, 4.69) is 10.3 Å². The van der Waals surface area contributed by atoms with Crippen molar-refractivity contribution < 1.29 is 14.3 Å². The Morgan fingerprint density at radius 1 is 1.16 bits per heavy atom. The molecule has 2 amide bonds. The van der Waals surface area contributed by atoms with E-state index in [4.69, 9.17) is 4.74 Å². The largest absolute Gasteiger partial charge is 0.383 e. The first kappa shape index (κ1) is 21.1. The highest BCUT2D eigenvalue weighted by atomic mass is 32.1. The van der Waals surface area contributed by atoms with Crippen molar-refractivity contribution in [2.75, 3.05) is 25.6 Å². The van der Waals surface area contributed by atoms with Crippen molar-refractivity contribution in [1.82, 2.24) is 9.88 Å². The quantitative estimate of drug-likeness (QED) is 0.606. The van der Waals surface area contributed by atoms with Crippen LogP contribution < -0.4 is 5.32 Å². The fourth-order valence-corrected chi connectivity index (χ4v) is 6.32. The third-order valence-electron chi connectivity index (χ3n) is 6.85. The van der Waals surface area contributed by atoms with Crippen LogP contribution in [0.2, 0.25) is 0 Å². The van der Waals surface area contributed by atoms with Crippen molar-refractivity contribution in [2.24, 2.45) is 0 Å². The highest BCUT2D eigenvalue weighted by molar-refractivity contribution is 7.22. The van der Waals surface area contributed by atoms with E-state index < -0.39 is 11.5 Å². The maximum absolute atomic E-state index is 13.9. The number of nitrogens with one attached hydrogen (secondary N) is 1. The van der Waals surface area contributed by atoms with E-state index in [9.17, 15) is 9.59 Å². The third-order valence-corrected chi connectivity index (χ3v) is 7.80. The number of fused-ring (bicyclic) bond motifs is 2. The van der Waals surface area contributed by atoms with Crippen LogP contribution in [0, 0.1) is 0 Å². The lowest BCUT2D eigenvalue weighted by Crippen LogP contribution is -2.62. The predicted molar refractivity (Wildman–Crippen MR) is 126 cm³/mol. The van der Waals surface area contributed by atoms with Gasteiger partial charge in [0.25, 0.3) is 5.91 Å². The van der Waals surface area contributed by atoms with Gasteiger partial charge in [0, 0.05) is 19.2 Å². The van der Waals surface area contributed by atoms with E-state index in [1.807, 2.05) is 53.4 Å². The van der Waals surface area contributed by atoms with Gasteiger partial charge in [-0.05, 0) is 36.6 Å². The minimum atomic E-state index is -0.539. The Morgan fingerprint density at radius 2 is 1.91 bits per heavy atom. The Labute approximate surface area is 191 Å². The fourth-order valence-electron chi connectivity index (χ4n) is 5.45. The molecule has 1 aliphatic carbocycles. The average Bonchev–Trinajstić information content (AvgIpc) is 3.22. The minimum Gasteiger partial charge on any atom is -0.383 e. The number of amides is 2. The number of anilines is 1. The molecule has 0 bridgehead atoms. The van der Waals surface area contributed by atoms with Crippen molar-refractivity contribution in [2.45, 2.75) is 43.6 Å². The normalized spacial score (nSPS) is 19.8. The highest BCUT2D eigenvalue weighted by Gasteiger charge is 2.54. The molecule has 2 aliphatic rings. The second-order valence-electron chi connectivity index (χ2n) is 8.61. The van der Waals surface area contributed by atoms with Gasteiger partial charge in [-0.15, -0.1) is 0 Å². The summed E-state index contributed by atoms with van der Waals surface area (Å²) in [5, 5.41) is 3.70. The van der Waals surface area contributed by atoms with Gasteiger partial charge in [-0.2, -0.15) is 0 Å². The van der Waals surface area contributed by atoms with Crippen molar-refractivity contribution in [3.63, 3.8) is 0 Å². The molecule has 1 aromatic heterocycles. The second-order valence-corrected chi connectivity index (χ2v) is 9.64. The number of methoxy groups -OCH3 is 1. The van der Waals surface area contributed by atoms with Gasteiger partial charge in [-0.3, -0.25) is 9.59 Å². The number of aromatic nitrogens is 1. The number of hydrogen-bond acceptors (Lipinski definition) is 5. The first-order valence-electron chi connectivity index (χ1n) is 11.2. The molecule has 1 fully saturated rings. The number of carbonyl (C=O) groups is 2. The van der Waals surface area contributed by atoms with Crippen LogP contribution in [0.15, 0.2) is 48.5 Å². The summed E-state index contributed by atoms with van der Waals surface area (Å²) in [6, 6.07) is 15.4. The molecule has 1 spiro atoms. The molecule has 1 atom stereocenters. The lowest BCUT2D eigenvalue weighted by molar-refractivity contribution is -0.122. The molecule has 0 radical (unpaired) electrons. The summed E-state index contributed by atoms with van der Waals surface area (Å²) < 4.78 is 6.38. The molecule has 2 heterocycles. The fraction of sp³-hybridized carbons (Fsp3) is 0.400. The Morgan fingerprint density at radius 3 is 2.69 bits per heavy atom. The number of hydrogen-bond donors (Lipinski definition) is 1. The van der Waals surface area contributed by atoms with Gasteiger partial charge in [0.2, 0.25) is 5.91 Å². The number of para-hydroxylation sites is 1. The average molecular weight is 450 g/mol. The lowest BCUT2D eigenvalue weighted by atomic mass is 9.65. The topological polar surface area (TPSA) is 71.5 Å². The second kappa shape index (κ2) is 8.64. The summed E-state index contributed by atoms with van der Waals surface area (Å²) in [5.74, 6) is -0.530. The summed E-state index contributed by atoms with van der Waals surface area (Å²) in [5.41, 5.74) is 1.78. The van der Waals surface area contributed by atoms with E-state index in [0.29, 0.717) is 23.8 Å². The van der Waals surface area contributed by atoms with E-state index in [1.54, 1.807) is 7.11 Å². The molecule has 166 valence electrons. The predicted octanol–water partition coefficient (Wildman–Crippen LogP) is 4.82. The lowest BCUT2D eigenvalue weighted by Gasteiger charge is -2.53. The summed E-state index contributed by atoms with van der Waals surface area (Å²) in [6.45, 7) is 0.927. The highest BCUT2D eigenvalue weighted by Crippen LogP contribution is 2.49. The zero-order valence-electron chi connectivity index (χ0n) is 18.2. The van der Waals surface area contributed by atoms with Crippen LogP contribution in [0.1, 0.15) is 53.9 Å². The maximum Gasteiger partial charge on any atom is 0.254 e. The summed E-state index contributed by atoms with van der Waals surface area (Å²) >= 11 is 1.48. The molecule has 3 aromatic rings. The molecular formula is C25H27N3O3S. The van der Waals surface area contributed by atoms with Crippen molar-refractivity contribution in [1.29, 1.82) is 0 Å². The van der Waals surface area contributed by atoms with Gasteiger partial charge in [0.1, 0.15) is 0 Å². The van der Waals surface area contributed by atoms with Gasteiger partial charge in [-0.1, -0.05) is 60.9 Å². The SMILES string of the molecule is COCCN1C(=O)c2ccccc2C(C(=O)Nc2nc3ccccc3s2)C12CCCCC2.